The summed E-state index contributed by atoms with van der Waals surface area (Å²) in [6, 6.07) is 10.0. The fraction of sp³-hybridized carbons (Fsp3) is 0.440. The number of ether oxygens (including phenoxy) is 1. The predicted octanol–water partition coefficient (Wildman–Crippen LogP) is 6.99. The molecule has 2 aromatic heterocycles. The molecular weight excluding hydrogens is 395 g/mol. The maximum absolute atomic E-state index is 14.4. The minimum atomic E-state index is -0.255. The van der Waals surface area contributed by atoms with Crippen molar-refractivity contribution in [2.24, 2.45) is 0 Å². The third-order valence-electron chi connectivity index (χ3n) is 5.67. The molecule has 4 rings (SSSR count). The van der Waals surface area contributed by atoms with Crippen LogP contribution in [-0.4, -0.2) is 16.1 Å². The molecule has 0 bridgehead atoms. The zero-order valence-corrected chi connectivity index (χ0v) is 18.4. The van der Waals surface area contributed by atoms with Crippen molar-refractivity contribution < 1.29 is 9.13 Å². The molecule has 1 atom stereocenters. The highest BCUT2D eigenvalue weighted by molar-refractivity contribution is 7.10. The number of halogens is 1. The number of aromatic nitrogens is 2. The van der Waals surface area contributed by atoms with Gasteiger partial charge in [0.25, 0.3) is 0 Å². The summed E-state index contributed by atoms with van der Waals surface area (Å²) in [4.78, 5) is 8.58. The number of hydrogen-bond donors (Lipinski definition) is 0. The van der Waals surface area contributed by atoms with Gasteiger partial charge >= 0.3 is 0 Å². The Labute approximate surface area is 182 Å². The minimum Gasteiger partial charge on any atom is -0.490 e. The second-order valence-corrected chi connectivity index (χ2v) is 9.12. The molecule has 0 saturated carbocycles. The van der Waals surface area contributed by atoms with E-state index in [0.29, 0.717) is 23.8 Å². The monoisotopic (exact) mass is 424 g/mol. The zero-order valence-electron chi connectivity index (χ0n) is 17.6. The lowest BCUT2D eigenvalue weighted by molar-refractivity contribution is 0.216. The van der Waals surface area contributed by atoms with Gasteiger partial charge in [-0.25, -0.2) is 4.98 Å². The number of hydrogen-bond acceptors (Lipinski definition) is 4. The van der Waals surface area contributed by atoms with Crippen LogP contribution in [0, 0.1) is 5.13 Å². The van der Waals surface area contributed by atoms with E-state index in [0.717, 1.165) is 40.5 Å². The first-order valence-corrected chi connectivity index (χ1v) is 11.9. The molecule has 0 amide bonds. The molecule has 5 heteroatoms. The third kappa shape index (κ3) is 5.25. The summed E-state index contributed by atoms with van der Waals surface area (Å²) >= 11 is 1.11. The summed E-state index contributed by atoms with van der Waals surface area (Å²) in [5.74, 6) is 0.994. The van der Waals surface area contributed by atoms with Crippen LogP contribution in [0.5, 0.6) is 5.75 Å². The smallest absolute Gasteiger partial charge is 0.204 e. The van der Waals surface area contributed by atoms with E-state index in [1.807, 2.05) is 6.07 Å². The van der Waals surface area contributed by atoms with Crippen LogP contribution in [-0.2, 0) is 12.8 Å². The van der Waals surface area contributed by atoms with E-state index < -0.39 is 0 Å². The Bertz CT molecular complexity index is 957. The summed E-state index contributed by atoms with van der Waals surface area (Å²) in [7, 11) is 0. The highest BCUT2D eigenvalue weighted by Gasteiger charge is 2.23. The van der Waals surface area contributed by atoms with E-state index in [-0.39, 0.29) is 5.13 Å². The predicted molar refractivity (Wildman–Crippen MR) is 121 cm³/mol. The first kappa shape index (κ1) is 21.0. The van der Waals surface area contributed by atoms with Gasteiger partial charge in [0.05, 0.1) is 0 Å². The summed E-state index contributed by atoms with van der Waals surface area (Å²) in [5.41, 5.74) is 3.50. The molecule has 0 fully saturated rings. The van der Waals surface area contributed by atoms with Crippen molar-refractivity contribution in [2.45, 2.75) is 70.8 Å². The maximum Gasteiger partial charge on any atom is 0.204 e. The lowest BCUT2D eigenvalue weighted by atomic mass is 10.0. The van der Waals surface area contributed by atoms with Gasteiger partial charge in [-0.1, -0.05) is 62.5 Å². The average Bonchev–Trinajstić information content (AvgIpc) is 3.33. The molecule has 3 heterocycles. The molecule has 0 aliphatic carbocycles. The highest BCUT2D eigenvalue weighted by Crippen LogP contribution is 2.33. The number of unbranched alkanes of at least 4 members (excludes halogenated alkanes) is 5. The molecular formula is C25H29FN2OS. The second kappa shape index (κ2) is 10.2. The number of rotatable bonds is 10. The van der Waals surface area contributed by atoms with Crippen molar-refractivity contribution in [2.75, 3.05) is 0 Å². The van der Waals surface area contributed by atoms with Crippen molar-refractivity contribution in [3.8, 4) is 17.0 Å². The number of nitrogens with zero attached hydrogens (tertiary/aromatic N) is 2. The van der Waals surface area contributed by atoms with Gasteiger partial charge in [-0.05, 0) is 42.2 Å². The van der Waals surface area contributed by atoms with E-state index in [4.69, 9.17) is 4.74 Å². The van der Waals surface area contributed by atoms with Crippen LogP contribution in [0.15, 0.2) is 42.7 Å². The van der Waals surface area contributed by atoms with E-state index in [1.165, 1.54) is 44.1 Å². The van der Waals surface area contributed by atoms with E-state index in [2.05, 4.69) is 35.1 Å². The molecule has 1 aliphatic heterocycles. The van der Waals surface area contributed by atoms with Gasteiger partial charge in [0.1, 0.15) is 22.6 Å². The third-order valence-corrected chi connectivity index (χ3v) is 6.52. The number of thiazole rings is 1. The molecule has 158 valence electrons. The topological polar surface area (TPSA) is 35.0 Å². The fourth-order valence-corrected chi connectivity index (χ4v) is 4.88. The van der Waals surface area contributed by atoms with Gasteiger partial charge in [0.2, 0.25) is 5.13 Å². The van der Waals surface area contributed by atoms with Crippen molar-refractivity contribution in [1.82, 2.24) is 9.97 Å². The van der Waals surface area contributed by atoms with Crippen molar-refractivity contribution in [3.05, 3.63) is 64.0 Å². The Morgan fingerprint density at radius 2 is 2.00 bits per heavy atom. The van der Waals surface area contributed by atoms with Crippen LogP contribution in [0.3, 0.4) is 0 Å². The van der Waals surface area contributed by atoms with Gasteiger partial charge in [0.15, 0.2) is 0 Å². The van der Waals surface area contributed by atoms with Gasteiger partial charge in [-0.15, -0.1) is 0 Å². The van der Waals surface area contributed by atoms with Gasteiger partial charge in [-0.3, -0.25) is 4.98 Å². The maximum atomic E-state index is 14.4. The minimum absolute atomic E-state index is 0.255. The molecule has 1 aromatic carbocycles. The van der Waals surface area contributed by atoms with E-state index in [1.54, 1.807) is 18.5 Å². The first-order chi connectivity index (χ1) is 14.7. The zero-order chi connectivity index (χ0) is 20.8. The standard InChI is InChI=1S/C25H29FN2OS/c1-2-3-4-5-6-7-10-21-16-19-12-11-18(14-22(19)29-21)15-23-28-24(25(26)30-23)20-9-8-13-27-17-20/h8-9,11-14,17,21H,2-7,10,15-16H2,1H3. The molecule has 30 heavy (non-hydrogen) atoms. The molecule has 1 aliphatic rings. The SMILES string of the molecule is CCCCCCCCC1Cc2ccc(Cc3nc(-c4cccnc4)c(F)s3)cc2O1. The Hall–Kier alpha value is -2.27. The molecule has 0 saturated heterocycles. The van der Waals surface area contributed by atoms with Crippen molar-refractivity contribution in [3.63, 3.8) is 0 Å². The van der Waals surface area contributed by atoms with Crippen LogP contribution >= 0.6 is 11.3 Å². The largest absolute Gasteiger partial charge is 0.490 e. The summed E-state index contributed by atoms with van der Waals surface area (Å²) in [6.45, 7) is 2.25. The van der Waals surface area contributed by atoms with Crippen LogP contribution in [0.25, 0.3) is 11.3 Å². The van der Waals surface area contributed by atoms with E-state index >= 15 is 0 Å². The Kier molecular flexibility index (Phi) is 7.11. The molecule has 3 nitrogen and oxygen atoms in total. The summed E-state index contributed by atoms with van der Waals surface area (Å²) in [6.07, 6.45) is 14.2. The van der Waals surface area contributed by atoms with Gasteiger partial charge in [-0.2, -0.15) is 4.39 Å². The van der Waals surface area contributed by atoms with Gasteiger partial charge in [0, 0.05) is 30.8 Å². The first-order valence-electron chi connectivity index (χ1n) is 11.1. The van der Waals surface area contributed by atoms with Crippen LogP contribution in [0.4, 0.5) is 4.39 Å². The lowest BCUT2D eigenvalue weighted by Gasteiger charge is -2.10. The van der Waals surface area contributed by atoms with Gasteiger partial charge < -0.3 is 4.74 Å². The second-order valence-electron chi connectivity index (χ2n) is 8.09. The average molecular weight is 425 g/mol. The Balaban J connectivity index is 1.33. The van der Waals surface area contributed by atoms with Crippen LogP contribution < -0.4 is 4.74 Å². The Morgan fingerprint density at radius 1 is 1.13 bits per heavy atom. The molecule has 0 N–H and O–H groups in total. The number of pyridine rings is 1. The molecule has 0 spiro atoms. The summed E-state index contributed by atoms with van der Waals surface area (Å²) < 4.78 is 20.6. The molecule has 3 aromatic rings. The summed E-state index contributed by atoms with van der Waals surface area (Å²) in [5, 5.41) is 0.516. The highest BCUT2D eigenvalue weighted by atomic mass is 32.1. The Morgan fingerprint density at radius 3 is 2.83 bits per heavy atom. The lowest BCUT2D eigenvalue weighted by Crippen LogP contribution is -2.12. The van der Waals surface area contributed by atoms with Crippen molar-refractivity contribution in [1.29, 1.82) is 0 Å². The quantitative estimate of drug-likeness (QED) is 0.329. The number of fused-ring (bicyclic) bond motifs is 1. The van der Waals surface area contributed by atoms with Crippen molar-refractivity contribution >= 4 is 11.3 Å². The normalized spacial score (nSPS) is 15.2. The molecule has 0 radical (unpaired) electrons. The molecule has 1 unspecified atom stereocenters. The van der Waals surface area contributed by atoms with Crippen LogP contribution in [0.1, 0.15) is 68.0 Å². The van der Waals surface area contributed by atoms with Crippen LogP contribution in [0.2, 0.25) is 0 Å². The van der Waals surface area contributed by atoms with E-state index in [9.17, 15) is 4.39 Å². The number of benzene rings is 1. The fourth-order valence-electron chi connectivity index (χ4n) is 4.04.